The van der Waals surface area contributed by atoms with E-state index in [0.29, 0.717) is 19.5 Å². The van der Waals surface area contributed by atoms with Gasteiger partial charge in [0.2, 0.25) is 5.91 Å². The summed E-state index contributed by atoms with van der Waals surface area (Å²) in [6, 6.07) is 6.49. The van der Waals surface area contributed by atoms with Crippen molar-refractivity contribution in [2.45, 2.75) is 45.8 Å². The summed E-state index contributed by atoms with van der Waals surface area (Å²) in [4.78, 5) is 12.2. The third-order valence-electron chi connectivity index (χ3n) is 4.64. The standard InChI is InChI=1S/C19H24FN3O2/c1-13-18(10-19(24)21-11-17-7-4-8-25-17)14(2)23(22-13)12-15-5-3-6-16(20)9-15/h3,5-6,9,17H,4,7-8,10-12H2,1-2H3,(H,21,24). The molecule has 1 aliphatic heterocycles. The first-order valence-corrected chi connectivity index (χ1v) is 8.68. The zero-order valence-electron chi connectivity index (χ0n) is 14.7. The molecule has 0 aliphatic carbocycles. The average Bonchev–Trinajstić information content (AvgIpc) is 3.17. The third-order valence-corrected chi connectivity index (χ3v) is 4.64. The maximum Gasteiger partial charge on any atom is 0.224 e. The molecular formula is C19H24FN3O2. The first kappa shape index (κ1) is 17.6. The zero-order chi connectivity index (χ0) is 17.8. The van der Waals surface area contributed by atoms with Gasteiger partial charge in [-0.15, -0.1) is 0 Å². The lowest BCUT2D eigenvalue weighted by Gasteiger charge is -2.11. The van der Waals surface area contributed by atoms with Crippen LogP contribution in [0.3, 0.4) is 0 Å². The molecule has 1 amide bonds. The minimum Gasteiger partial charge on any atom is -0.376 e. The predicted molar refractivity (Wildman–Crippen MR) is 92.9 cm³/mol. The molecule has 3 rings (SSSR count). The Balaban J connectivity index is 1.63. The van der Waals surface area contributed by atoms with Crippen LogP contribution in [0.1, 0.15) is 35.4 Å². The van der Waals surface area contributed by atoms with E-state index in [1.165, 1.54) is 12.1 Å². The third kappa shape index (κ3) is 4.45. The van der Waals surface area contributed by atoms with E-state index in [1.807, 2.05) is 24.6 Å². The Kier molecular flexibility index (Phi) is 5.48. The van der Waals surface area contributed by atoms with Crippen molar-refractivity contribution in [1.29, 1.82) is 0 Å². The Bertz CT molecular complexity index is 751. The van der Waals surface area contributed by atoms with Crippen molar-refractivity contribution in [3.8, 4) is 0 Å². The van der Waals surface area contributed by atoms with Crippen molar-refractivity contribution < 1.29 is 13.9 Å². The van der Waals surface area contributed by atoms with Crippen molar-refractivity contribution in [1.82, 2.24) is 15.1 Å². The summed E-state index contributed by atoms with van der Waals surface area (Å²) in [5.41, 5.74) is 3.55. The molecule has 1 fully saturated rings. The summed E-state index contributed by atoms with van der Waals surface area (Å²) in [5, 5.41) is 7.46. The van der Waals surface area contributed by atoms with E-state index in [0.717, 1.165) is 42.0 Å². The molecule has 2 heterocycles. The molecule has 6 heteroatoms. The second kappa shape index (κ2) is 7.78. The highest BCUT2D eigenvalue weighted by Gasteiger charge is 2.18. The number of hydrogen-bond donors (Lipinski definition) is 1. The van der Waals surface area contributed by atoms with E-state index >= 15 is 0 Å². The molecule has 1 aromatic carbocycles. The van der Waals surface area contributed by atoms with E-state index < -0.39 is 0 Å². The van der Waals surface area contributed by atoms with Crippen LogP contribution >= 0.6 is 0 Å². The number of aryl methyl sites for hydroxylation is 1. The first-order chi connectivity index (χ1) is 12.0. The second-order valence-electron chi connectivity index (χ2n) is 6.55. The lowest BCUT2D eigenvalue weighted by atomic mass is 10.1. The molecule has 1 saturated heterocycles. The molecule has 25 heavy (non-hydrogen) atoms. The fourth-order valence-corrected chi connectivity index (χ4v) is 3.21. The molecule has 2 aromatic rings. The molecular weight excluding hydrogens is 321 g/mol. The molecule has 1 N–H and O–H groups in total. The topological polar surface area (TPSA) is 56.2 Å². The Morgan fingerprint density at radius 2 is 2.28 bits per heavy atom. The zero-order valence-corrected chi connectivity index (χ0v) is 14.7. The highest BCUT2D eigenvalue weighted by Crippen LogP contribution is 2.16. The van der Waals surface area contributed by atoms with Crippen LogP contribution in [0.15, 0.2) is 24.3 Å². The lowest BCUT2D eigenvalue weighted by molar-refractivity contribution is -0.120. The number of halogens is 1. The smallest absolute Gasteiger partial charge is 0.224 e. The van der Waals surface area contributed by atoms with Crippen LogP contribution in [-0.2, 0) is 22.5 Å². The van der Waals surface area contributed by atoms with Crippen molar-refractivity contribution in [2.24, 2.45) is 0 Å². The number of aromatic nitrogens is 2. The Labute approximate surface area is 147 Å². The largest absolute Gasteiger partial charge is 0.376 e. The number of hydrogen-bond acceptors (Lipinski definition) is 3. The summed E-state index contributed by atoms with van der Waals surface area (Å²) < 4.78 is 20.7. The first-order valence-electron chi connectivity index (χ1n) is 8.68. The second-order valence-corrected chi connectivity index (χ2v) is 6.55. The molecule has 1 aliphatic rings. The number of amides is 1. The van der Waals surface area contributed by atoms with Gasteiger partial charge in [-0.3, -0.25) is 9.48 Å². The molecule has 0 saturated carbocycles. The maximum absolute atomic E-state index is 13.3. The fourth-order valence-electron chi connectivity index (χ4n) is 3.21. The number of carbonyl (C=O) groups excluding carboxylic acids is 1. The molecule has 1 unspecified atom stereocenters. The van der Waals surface area contributed by atoms with Gasteiger partial charge in [-0.25, -0.2) is 4.39 Å². The minimum absolute atomic E-state index is 0.0213. The fraction of sp³-hybridized carbons (Fsp3) is 0.474. The summed E-state index contributed by atoms with van der Waals surface area (Å²) in [5.74, 6) is -0.278. The van der Waals surface area contributed by atoms with Crippen LogP contribution < -0.4 is 5.32 Å². The van der Waals surface area contributed by atoms with Crippen LogP contribution in [0.2, 0.25) is 0 Å². The van der Waals surface area contributed by atoms with Crippen LogP contribution in [0.4, 0.5) is 4.39 Å². The van der Waals surface area contributed by atoms with Gasteiger partial charge in [-0.1, -0.05) is 12.1 Å². The Morgan fingerprint density at radius 3 is 3.00 bits per heavy atom. The summed E-state index contributed by atoms with van der Waals surface area (Å²) in [6.07, 6.45) is 2.50. The van der Waals surface area contributed by atoms with Gasteiger partial charge < -0.3 is 10.1 Å². The highest BCUT2D eigenvalue weighted by molar-refractivity contribution is 5.79. The maximum atomic E-state index is 13.3. The van der Waals surface area contributed by atoms with Crippen molar-refractivity contribution >= 4 is 5.91 Å². The van der Waals surface area contributed by atoms with Crippen LogP contribution in [0, 0.1) is 19.7 Å². The van der Waals surface area contributed by atoms with Crippen molar-refractivity contribution in [2.75, 3.05) is 13.2 Å². The highest BCUT2D eigenvalue weighted by atomic mass is 19.1. The van der Waals surface area contributed by atoms with Gasteiger partial charge in [0, 0.05) is 24.4 Å². The minimum atomic E-state index is -0.257. The van der Waals surface area contributed by atoms with Crippen LogP contribution in [-0.4, -0.2) is 34.9 Å². The summed E-state index contributed by atoms with van der Waals surface area (Å²) in [7, 11) is 0. The molecule has 134 valence electrons. The van der Waals surface area contributed by atoms with Gasteiger partial charge in [-0.05, 0) is 44.4 Å². The Morgan fingerprint density at radius 1 is 1.44 bits per heavy atom. The average molecular weight is 345 g/mol. The predicted octanol–water partition coefficient (Wildman–Crippen LogP) is 2.53. The van der Waals surface area contributed by atoms with Gasteiger partial charge in [0.05, 0.1) is 24.8 Å². The van der Waals surface area contributed by atoms with Crippen LogP contribution in [0.5, 0.6) is 0 Å². The number of carbonyl (C=O) groups is 1. The van der Waals surface area contributed by atoms with Gasteiger partial charge >= 0.3 is 0 Å². The molecule has 0 bridgehead atoms. The van der Waals surface area contributed by atoms with Gasteiger partial charge in [0.1, 0.15) is 5.82 Å². The quantitative estimate of drug-likeness (QED) is 0.875. The monoisotopic (exact) mass is 345 g/mol. The molecule has 0 spiro atoms. The van der Waals surface area contributed by atoms with E-state index in [1.54, 1.807) is 6.07 Å². The molecule has 1 aromatic heterocycles. The molecule has 5 nitrogen and oxygen atoms in total. The number of benzene rings is 1. The lowest BCUT2D eigenvalue weighted by Crippen LogP contribution is -2.33. The number of ether oxygens (including phenoxy) is 1. The molecule has 0 radical (unpaired) electrons. The SMILES string of the molecule is Cc1nn(Cc2cccc(F)c2)c(C)c1CC(=O)NCC1CCCO1. The van der Waals surface area contributed by atoms with E-state index in [4.69, 9.17) is 4.74 Å². The van der Waals surface area contributed by atoms with Crippen LogP contribution in [0.25, 0.3) is 0 Å². The number of rotatable bonds is 6. The van der Waals surface area contributed by atoms with E-state index in [9.17, 15) is 9.18 Å². The van der Waals surface area contributed by atoms with E-state index in [-0.39, 0.29) is 17.8 Å². The van der Waals surface area contributed by atoms with Crippen molar-refractivity contribution in [3.05, 3.63) is 52.6 Å². The van der Waals surface area contributed by atoms with Gasteiger partial charge in [0.15, 0.2) is 0 Å². The van der Waals surface area contributed by atoms with Gasteiger partial charge in [-0.2, -0.15) is 5.10 Å². The summed E-state index contributed by atoms with van der Waals surface area (Å²) in [6.45, 7) is 5.68. The Hall–Kier alpha value is -2.21. The van der Waals surface area contributed by atoms with E-state index in [2.05, 4.69) is 10.4 Å². The number of nitrogens with one attached hydrogen (secondary N) is 1. The van der Waals surface area contributed by atoms with Crippen molar-refractivity contribution in [3.63, 3.8) is 0 Å². The summed E-state index contributed by atoms with van der Waals surface area (Å²) >= 11 is 0. The van der Waals surface area contributed by atoms with Gasteiger partial charge in [0.25, 0.3) is 0 Å². The normalized spacial score (nSPS) is 17.0. The molecule has 1 atom stereocenters. The number of nitrogens with zero attached hydrogens (tertiary/aromatic N) is 2.